The summed E-state index contributed by atoms with van der Waals surface area (Å²) in [6, 6.07) is 17.3. The van der Waals surface area contributed by atoms with Crippen molar-refractivity contribution in [2.24, 2.45) is 11.6 Å². The van der Waals surface area contributed by atoms with Crippen LogP contribution in [0.3, 0.4) is 0 Å². The Morgan fingerprint density at radius 1 is 1.05 bits per heavy atom. The van der Waals surface area contributed by atoms with Crippen molar-refractivity contribution in [2.45, 2.75) is 0 Å². The largest absolute Gasteiger partial charge is 0.438 e. The van der Waals surface area contributed by atoms with Gasteiger partial charge in [0.05, 0.1) is 0 Å². The molecule has 2 rings (SSSR count). The van der Waals surface area contributed by atoms with Gasteiger partial charge in [0.2, 0.25) is 5.88 Å². The fourth-order valence-corrected chi connectivity index (χ4v) is 1.69. The van der Waals surface area contributed by atoms with Crippen molar-refractivity contribution in [3.8, 4) is 16.9 Å². The minimum absolute atomic E-state index is 0.0208. The van der Waals surface area contributed by atoms with Crippen LogP contribution >= 0.6 is 0 Å². The molecule has 0 aliphatic rings. The molecule has 0 atom stereocenters. The molecule has 0 amide bonds. The Kier molecular flexibility index (Phi) is 7.18. The molecule has 116 valence electrons. The van der Waals surface area contributed by atoms with Crippen molar-refractivity contribution < 1.29 is 14.6 Å². The second-order valence-corrected chi connectivity index (χ2v) is 4.04. The highest BCUT2D eigenvalue weighted by Gasteiger charge is 2.05. The fourth-order valence-electron chi connectivity index (χ4n) is 1.69. The fraction of sp³-hybridized carbons (Fsp3) is 0.0625. The van der Waals surface area contributed by atoms with Crippen molar-refractivity contribution in [1.29, 1.82) is 0 Å². The molecular weight excluding hydrogens is 282 g/mol. The molecule has 0 bridgehead atoms. The van der Waals surface area contributed by atoms with E-state index in [0.717, 1.165) is 18.2 Å². The monoisotopic (exact) mass is 301 g/mol. The van der Waals surface area contributed by atoms with Crippen molar-refractivity contribution in [3.05, 3.63) is 66.2 Å². The van der Waals surface area contributed by atoms with Crippen molar-refractivity contribution >= 4 is 6.29 Å². The van der Waals surface area contributed by atoms with Gasteiger partial charge in [-0.05, 0) is 23.3 Å². The Morgan fingerprint density at radius 2 is 1.59 bits per heavy atom. The standard InChI is InChI=1S/C15H15N3O2.CH4O/c16-14(10-19)15(18-17)20-13-8-6-12(7-9-13)11-4-2-1-3-5-11;1-2/h1-10,18H,16-17H2;2H,1H3/b15-14+;. The molecular formula is C16H19N3O3. The predicted molar refractivity (Wildman–Crippen MR) is 85.2 cm³/mol. The highest BCUT2D eigenvalue weighted by molar-refractivity contribution is 5.72. The van der Waals surface area contributed by atoms with Gasteiger partial charge in [-0.3, -0.25) is 10.2 Å². The van der Waals surface area contributed by atoms with Gasteiger partial charge in [0, 0.05) is 7.11 Å². The number of rotatable bonds is 5. The molecule has 0 saturated carbocycles. The van der Waals surface area contributed by atoms with Gasteiger partial charge in [0.15, 0.2) is 6.29 Å². The number of aldehydes is 1. The summed E-state index contributed by atoms with van der Waals surface area (Å²) in [7, 11) is 1.00. The maximum Gasteiger partial charge on any atom is 0.234 e. The van der Waals surface area contributed by atoms with Crippen molar-refractivity contribution in [1.82, 2.24) is 5.43 Å². The summed E-state index contributed by atoms with van der Waals surface area (Å²) >= 11 is 0. The van der Waals surface area contributed by atoms with Crippen LogP contribution in [0.25, 0.3) is 11.1 Å². The predicted octanol–water partition coefficient (Wildman–Crippen LogP) is 1.13. The summed E-state index contributed by atoms with van der Waals surface area (Å²) in [5.41, 5.74) is 9.76. The zero-order chi connectivity index (χ0) is 16.4. The van der Waals surface area contributed by atoms with Crippen LogP contribution in [0, 0.1) is 0 Å². The first kappa shape index (κ1) is 17.2. The van der Waals surface area contributed by atoms with Gasteiger partial charge in [-0.25, -0.2) is 5.84 Å². The average Bonchev–Trinajstić information content (AvgIpc) is 2.62. The van der Waals surface area contributed by atoms with Gasteiger partial charge in [-0.1, -0.05) is 42.5 Å². The molecule has 6 N–H and O–H groups in total. The molecule has 6 heteroatoms. The molecule has 2 aromatic carbocycles. The quantitative estimate of drug-likeness (QED) is 0.217. The van der Waals surface area contributed by atoms with E-state index >= 15 is 0 Å². The van der Waals surface area contributed by atoms with E-state index in [9.17, 15) is 4.79 Å². The summed E-state index contributed by atoms with van der Waals surface area (Å²) in [4.78, 5) is 10.6. The van der Waals surface area contributed by atoms with E-state index in [0.29, 0.717) is 12.0 Å². The van der Waals surface area contributed by atoms with E-state index in [-0.39, 0.29) is 11.6 Å². The zero-order valence-electron chi connectivity index (χ0n) is 12.2. The highest BCUT2D eigenvalue weighted by Crippen LogP contribution is 2.22. The lowest BCUT2D eigenvalue weighted by Gasteiger charge is -2.10. The average molecular weight is 301 g/mol. The van der Waals surface area contributed by atoms with E-state index in [2.05, 4.69) is 5.43 Å². The normalized spacial score (nSPS) is 10.7. The maximum absolute atomic E-state index is 10.6. The Balaban J connectivity index is 0.00000116. The van der Waals surface area contributed by atoms with Crippen LogP contribution in [-0.2, 0) is 4.79 Å². The van der Waals surface area contributed by atoms with Gasteiger partial charge in [-0.15, -0.1) is 0 Å². The molecule has 2 aromatic rings. The number of hydrogen-bond acceptors (Lipinski definition) is 6. The van der Waals surface area contributed by atoms with Crippen LogP contribution in [0.2, 0.25) is 0 Å². The van der Waals surface area contributed by atoms with Gasteiger partial charge >= 0.3 is 0 Å². The third-order valence-electron chi connectivity index (χ3n) is 2.70. The lowest BCUT2D eigenvalue weighted by molar-refractivity contribution is -0.105. The lowest BCUT2D eigenvalue weighted by atomic mass is 10.1. The number of nitrogens with two attached hydrogens (primary N) is 2. The first-order valence-electron chi connectivity index (χ1n) is 6.44. The Labute approximate surface area is 129 Å². The second-order valence-electron chi connectivity index (χ2n) is 4.04. The van der Waals surface area contributed by atoms with Gasteiger partial charge < -0.3 is 15.6 Å². The molecule has 0 unspecified atom stereocenters. The molecule has 0 saturated heterocycles. The second kappa shape index (κ2) is 9.17. The van der Waals surface area contributed by atoms with Crippen LogP contribution in [0.5, 0.6) is 5.75 Å². The van der Waals surface area contributed by atoms with Crippen LogP contribution < -0.4 is 21.7 Å². The number of aliphatic hydroxyl groups excluding tert-OH is 1. The van der Waals surface area contributed by atoms with Crippen LogP contribution in [0.1, 0.15) is 0 Å². The molecule has 0 heterocycles. The Hall–Kier alpha value is -2.83. The Bertz CT molecular complexity index is 610. The molecule has 0 aliphatic heterocycles. The minimum atomic E-state index is -0.0976. The molecule has 0 fully saturated rings. The molecule has 0 spiro atoms. The zero-order valence-corrected chi connectivity index (χ0v) is 12.2. The van der Waals surface area contributed by atoms with Gasteiger partial charge in [0.25, 0.3) is 0 Å². The third kappa shape index (κ3) is 4.62. The first-order chi connectivity index (χ1) is 10.7. The minimum Gasteiger partial charge on any atom is -0.438 e. The number of allylic oxidation sites excluding steroid dienone is 1. The number of carbonyl (C=O) groups is 1. The summed E-state index contributed by atoms with van der Waals surface area (Å²) < 4.78 is 5.39. The summed E-state index contributed by atoms with van der Waals surface area (Å²) in [5.74, 6) is 5.80. The van der Waals surface area contributed by atoms with Crippen molar-refractivity contribution in [3.63, 3.8) is 0 Å². The SMILES string of the molecule is CO.NN/C(Oc1ccc(-c2ccccc2)cc1)=C(\N)C=O. The number of carbonyl (C=O) groups excluding carboxylic acids is 1. The lowest BCUT2D eigenvalue weighted by Crippen LogP contribution is -2.28. The molecule has 22 heavy (non-hydrogen) atoms. The van der Waals surface area contributed by atoms with Crippen molar-refractivity contribution in [2.75, 3.05) is 7.11 Å². The number of aliphatic hydroxyl groups is 1. The number of ether oxygens (including phenoxy) is 1. The summed E-state index contributed by atoms with van der Waals surface area (Å²) in [5, 5.41) is 7.00. The summed E-state index contributed by atoms with van der Waals surface area (Å²) in [6.07, 6.45) is 0.466. The smallest absolute Gasteiger partial charge is 0.234 e. The summed E-state index contributed by atoms with van der Waals surface area (Å²) in [6.45, 7) is 0. The molecule has 0 radical (unpaired) electrons. The van der Waals surface area contributed by atoms with E-state index in [1.165, 1.54) is 0 Å². The van der Waals surface area contributed by atoms with Crippen LogP contribution in [-0.4, -0.2) is 18.5 Å². The topological polar surface area (TPSA) is 111 Å². The van der Waals surface area contributed by atoms with E-state index in [4.69, 9.17) is 21.4 Å². The maximum atomic E-state index is 10.6. The van der Waals surface area contributed by atoms with E-state index in [1.807, 2.05) is 42.5 Å². The Morgan fingerprint density at radius 3 is 2.09 bits per heavy atom. The third-order valence-corrected chi connectivity index (χ3v) is 2.70. The van der Waals surface area contributed by atoms with Gasteiger partial charge in [0.1, 0.15) is 11.4 Å². The highest BCUT2D eigenvalue weighted by atomic mass is 16.5. The molecule has 0 aliphatic carbocycles. The number of nitrogens with one attached hydrogen (secondary N) is 1. The van der Waals surface area contributed by atoms with Crippen LogP contribution in [0.4, 0.5) is 0 Å². The molecule has 6 nitrogen and oxygen atoms in total. The first-order valence-corrected chi connectivity index (χ1v) is 6.44. The van der Waals surface area contributed by atoms with E-state index < -0.39 is 0 Å². The van der Waals surface area contributed by atoms with Crippen LogP contribution in [0.15, 0.2) is 66.2 Å². The number of benzene rings is 2. The molecule has 0 aromatic heterocycles. The van der Waals surface area contributed by atoms with E-state index in [1.54, 1.807) is 12.1 Å². The van der Waals surface area contributed by atoms with Gasteiger partial charge in [-0.2, -0.15) is 0 Å². The number of hydrazine groups is 1. The number of hydrogen-bond donors (Lipinski definition) is 4.